The molecule has 4 heteroatoms. The second-order valence-electron chi connectivity index (χ2n) is 4.05. The van der Waals surface area contributed by atoms with Crippen LogP contribution in [0.4, 0.5) is 0 Å². The Balaban J connectivity index is 1.99. The number of hydrogen-bond acceptors (Lipinski definition) is 3. The molecule has 1 amide bonds. The Kier molecular flexibility index (Phi) is 8.34. The molecule has 0 radical (unpaired) electrons. The lowest BCUT2D eigenvalue weighted by atomic mass is 10.3. The van der Waals surface area contributed by atoms with Gasteiger partial charge in [0.1, 0.15) is 0 Å². The molecule has 2 N–H and O–H groups in total. The standard InChI is InChI=1S/C14H21NO2S/c16-11-5-4-10-15-14(17)9-6-12-18-13-7-2-1-3-8-13/h1-3,7-8,16H,4-6,9-12H2,(H,15,17). The van der Waals surface area contributed by atoms with Crippen LogP contribution in [0.5, 0.6) is 0 Å². The Morgan fingerprint density at radius 2 is 1.94 bits per heavy atom. The lowest BCUT2D eigenvalue weighted by molar-refractivity contribution is -0.121. The number of carbonyl (C=O) groups excluding carboxylic acids is 1. The number of benzene rings is 1. The van der Waals surface area contributed by atoms with Gasteiger partial charge in [0.15, 0.2) is 0 Å². The molecule has 0 aromatic heterocycles. The van der Waals surface area contributed by atoms with Crippen molar-refractivity contribution < 1.29 is 9.90 Å². The predicted molar refractivity (Wildman–Crippen MR) is 75.7 cm³/mol. The SMILES string of the molecule is O=C(CCCSc1ccccc1)NCCCCO. The van der Waals surface area contributed by atoms with E-state index in [1.807, 2.05) is 18.2 Å². The fraction of sp³-hybridized carbons (Fsp3) is 0.500. The van der Waals surface area contributed by atoms with E-state index in [0.29, 0.717) is 13.0 Å². The number of amides is 1. The van der Waals surface area contributed by atoms with Gasteiger partial charge in [-0.25, -0.2) is 0 Å². The van der Waals surface area contributed by atoms with Crippen molar-refractivity contribution in [2.45, 2.75) is 30.6 Å². The lowest BCUT2D eigenvalue weighted by Gasteiger charge is -2.04. The second kappa shape index (κ2) is 9.97. The number of thioether (sulfide) groups is 1. The summed E-state index contributed by atoms with van der Waals surface area (Å²) in [5.41, 5.74) is 0. The van der Waals surface area contributed by atoms with E-state index in [1.54, 1.807) is 11.8 Å². The first kappa shape index (κ1) is 15.1. The van der Waals surface area contributed by atoms with Crippen molar-refractivity contribution in [3.05, 3.63) is 30.3 Å². The zero-order valence-electron chi connectivity index (χ0n) is 10.6. The van der Waals surface area contributed by atoms with Crippen LogP contribution in [0.25, 0.3) is 0 Å². The summed E-state index contributed by atoms with van der Waals surface area (Å²) in [6.07, 6.45) is 3.08. The highest BCUT2D eigenvalue weighted by Gasteiger charge is 2.00. The Morgan fingerprint density at radius 1 is 1.17 bits per heavy atom. The van der Waals surface area contributed by atoms with Crippen LogP contribution in [0.1, 0.15) is 25.7 Å². The molecular formula is C14H21NO2S. The summed E-state index contributed by atoms with van der Waals surface area (Å²) in [6.45, 7) is 0.870. The van der Waals surface area contributed by atoms with Gasteiger partial charge in [-0.15, -0.1) is 11.8 Å². The topological polar surface area (TPSA) is 49.3 Å². The Labute approximate surface area is 113 Å². The minimum atomic E-state index is 0.113. The van der Waals surface area contributed by atoms with Gasteiger partial charge in [0.25, 0.3) is 0 Å². The van der Waals surface area contributed by atoms with Gasteiger partial charge in [0.2, 0.25) is 5.91 Å². The number of rotatable bonds is 9. The van der Waals surface area contributed by atoms with E-state index in [4.69, 9.17) is 5.11 Å². The van der Waals surface area contributed by atoms with Crippen molar-refractivity contribution in [1.82, 2.24) is 5.32 Å². The van der Waals surface area contributed by atoms with Crippen molar-refractivity contribution >= 4 is 17.7 Å². The van der Waals surface area contributed by atoms with Crippen LogP contribution in [0, 0.1) is 0 Å². The van der Waals surface area contributed by atoms with Crippen LogP contribution in [0.15, 0.2) is 35.2 Å². The lowest BCUT2D eigenvalue weighted by Crippen LogP contribution is -2.24. The van der Waals surface area contributed by atoms with Gasteiger partial charge in [-0.05, 0) is 37.1 Å². The van der Waals surface area contributed by atoms with Crippen LogP contribution in [0.2, 0.25) is 0 Å². The number of hydrogen-bond donors (Lipinski definition) is 2. The third-order valence-electron chi connectivity index (χ3n) is 2.47. The minimum Gasteiger partial charge on any atom is -0.396 e. The minimum absolute atomic E-state index is 0.113. The molecule has 0 atom stereocenters. The van der Waals surface area contributed by atoms with E-state index in [9.17, 15) is 4.79 Å². The molecule has 1 aromatic rings. The molecule has 0 aliphatic carbocycles. The normalized spacial score (nSPS) is 10.3. The van der Waals surface area contributed by atoms with Crippen LogP contribution in [-0.2, 0) is 4.79 Å². The fourth-order valence-corrected chi connectivity index (χ4v) is 2.37. The highest BCUT2D eigenvalue weighted by molar-refractivity contribution is 7.99. The van der Waals surface area contributed by atoms with E-state index in [1.165, 1.54) is 4.90 Å². The molecular weight excluding hydrogens is 246 g/mol. The summed E-state index contributed by atoms with van der Waals surface area (Å²) in [6, 6.07) is 10.2. The molecule has 0 bridgehead atoms. The van der Waals surface area contributed by atoms with Gasteiger partial charge < -0.3 is 10.4 Å². The molecule has 0 fully saturated rings. The third kappa shape index (κ3) is 7.35. The molecule has 1 rings (SSSR count). The smallest absolute Gasteiger partial charge is 0.220 e. The third-order valence-corrected chi connectivity index (χ3v) is 3.57. The van der Waals surface area contributed by atoms with Crippen LogP contribution < -0.4 is 5.32 Å². The first-order valence-electron chi connectivity index (χ1n) is 6.38. The van der Waals surface area contributed by atoms with Crippen molar-refractivity contribution in [2.75, 3.05) is 18.9 Å². The number of aliphatic hydroxyl groups excluding tert-OH is 1. The first-order valence-corrected chi connectivity index (χ1v) is 7.37. The largest absolute Gasteiger partial charge is 0.396 e. The summed E-state index contributed by atoms with van der Waals surface area (Å²) in [5, 5.41) is 11.5. The fourth-order valence-electron chi connectivity index (χ4n) is 1.49. The first-order chi connectivity index (χ1) is 8.83. The highest BCUT2D eigenvalue weighted by Crippen LogP contribution is 2.18. The molecule has 18 heavy (non-hydrogen) atoms. The van der Waals surface area contributed by atoms with Crippen LogP contribution in [0.3, 0.4) is 0 Å². The monoisotopic (exact) mass is 267 g/mol. The van der Waals surface area contributed by atoms with Gasteiger partial charge >= 0.3 is 0 Å². The summed E-state index contributed by atoms with van der Waals surface area (Å²) in [7, 11) is 0. The summed E-state index contributed by atoms with van der Waals surface area (Å²) >= 11 is 1.78. The maximum atomic E-state index is 11.4. The molecule has 100 valence electrons. The number of unbranched alkanes of at least 4 members (excludes halogenated alkanes) is 1. The summed E-state index contributed by atoms with van der Waals surface area (Å²) < 4.78 is 0. The predicted octanol–water partition coefficient (Wildman–Crippen LogP) is 2.45. The number of aliphatic hydroxyl groups is 1. The number of nitrogens with one attached hydrogen (secondary N) is 1. The van der Waals surface area contributed by atoms with E-state index in [2.05, 4.69) is 17.4 Å². The molecule has 1 aromatic carbocycles. The van der Waals surface area contributed by atoms with E-state index >= 15 is 0 Å². The Hall–Kier alpha value is -1.00. The second-order valence-corrected chi connectivity index (χ2v) is 5.21. The van der Waals surface area contributed by atoms with Gasteiger partial charge in [-0.3, -0.25) is 4.79 Å². The van der Waals surface area contributed by atoms with Crippen LogP contribution in [-0.4, -0.2) is 29.9 Å². The van der Waals surface area contributed by atoms with Crippen LogP contribution >= 0.6 is 11.8 Å². The number of carbonyl (C=O) groups is 1. The van der Waals surface area contributed by atoms with E-state index in [-0.39, 0.29) is 12.5 Å². The van der Waals surface area contributed by atoms with Gasteiger partial charge in [0, 0.05) is 24.5 Å². The molecule has 0 heterocycles. The van der Waals surface area contributed by atoms with Gasteiger partial charge in [0.05, 0.1) is 0 Å². The molecule has 3 nitrogen and oxygen atoms in total. The van der Waals surface area contributed by atoms with Crippen molar-refractivity contribution in [1.29, 1.82) is 0 Å². The maximum Gasteiger partial charge on any atom is 0.220 e. The molecule has 0 spiro atoms. The van der Waals surface area contributed by atoms with Crippen molar-refractivity contribution in [3.8, 4) is 0 Å². The molecule has 0 saturated carbocycles. The van der Waals surface area contributed by atoms with E-state index in [0.717, 1.165) is 25.0 Å². The average molecular weight is 267 g/mol. The van der Waals surface area contributed by atoms with Crippen molar-refractivity contribution in [3.63, 3.8) is 0 Å². The Morgan fingerprint density at radius 3 is 2.67 bits per heavy atom. The summed E-state index contributed by atoms with van der Waals surface area (Å²) in [5.74, 6) is 1.08. The maximum absolute atomic E-state index is 11.4. The van der Waals surface area contributed by atoms with Crippen molar-refractivity contribution in [2.24, 2.45) is 0 Å². The highest BCUT2D eigenvalue weighted by atomic mass is 32.2. The molecule has 0 saturated heterocycles. The summed E-state index contributed by atoms with van der Waals surface area (Å²) in [4.78, 5) is 12.7. The van der Waals surface area contributed by atoms with Gasteiger partial charge in [-0.1, -0.05) is 18.2 Å². The van der Waals surface area contributed by atoms with Gasteiger partial charge in [-0.2, -0.15) is 0 Å². The zero-order chi connectivity index (χ0) is 13.1. The molecule has 0 aliphatic rings. The average Bonchev–Trinajstić information content (AvgIpc) is 2.41. The molecule has 0 unspecified atom stereocenters. The molecule has 0 aliphatic heterocycles. The quantitative estimate of drug-likeness (QED) is 0.534. The Bertz CT molecular complexity index is 330. The zero-order valence-corrected chi connectivity index (χ0v) is 11.4. The van der Waals surface area contributed by atoms with E-state index < -0.39 is 0 Å².